The van der Waals surface area contributed by atoms with Crippen LogP contribution in [0, 0.1) is 3.95 Å². The van der Waals surface area contributed by atoms with Crippen LogP contribution in [0.1, 0.15) is 31.1 Å². The summed E-state index contributed by atoms with van der Waals surface area (Å²) in [7, 11) is 0. The van der Waals surface area contributed by atoms with Crippen LogP contribution in [0.15, 0.2) is 64.5 Å². The molecular formula is C26H26N4O4S3. The van der Waals surface area contributed by atoms with Crippen molar-refractivity contribution in [2.45, 2.75) is 25.9 Å². The summed E-state index contributed by atoms with van der Waals surface area (Å²) in [5.41, 5.74) is 1.90. The van der Waals surface area contributed by atoms with Crippen LogP contribution in [0.4, 0.5) is 0 Å². The fourth-order valence-corrected chi connectivity index (χ4v) is 6.03. The van der Waals surface area contributed by atoms with Crippen LogP contribution >= 0.6 is 35.3 Å². The summed E-state index contributed by atoms with van der Waals surface area (Å²) in [5.74, 6) is -0.292. The second kappa shape index (κ2) is 11.8. The third kappa shape index (κ3) is 5.53. The fourth-order valence-electron chi connectivity index (χ4n) is 3.82. The van der Waals surface area contributed by atoms with E-state index >= 15 is 0 Å². The first-order chi connectivity index (χ1) is 17.9. The van der Waals surface area contributed by atoms with Crippen molar-refractivity contribution in [1.29, 1.82) is 0 Å². The highest BCUT2D eigenvalue weighted by Crippen LogP contribution is 2.28. The zero-order chi connectivity index (χ0) is 26.5. The zero-order valence-corrected chi connectivity index (χ0v) is 23.1. The molecule has 0 radical (unpaired) electrons. The summed E-state index contributed by atoms with van der Waals surface area (Å²) < 4.78 is 9.17. The maximum absolute atomic E-state index is 13.8. The molecule has 0 saturated heterocycles. The average Bonchev–Trinajstić information content (AvgIpc) is 3.25. The molecule has 2 heterocycles. The molecule has 0 fully saturated rings. The lowest BCUT2D eigenvalue weighted by Gasteiger charge is -2.19. The predicted molar refractivity (Wildman–Crippen MR) is 150 cm³/mol. The number of thiazole rings is 1. The molecule has 37 heavy (non-hydrogen) atoms. The highest BCUT2D eigenvalue weighted by atomic mass is 32.2. The van der Waals surface area contributed by atoms with E-state index in [0.29, 0.717) is 49.5 Å². The molecule has 0 unspecified atom stereocenters. The van der Waals surface area contributed by atoms with E-state index in [2.05, 4.69) is 0 Å². The molecule has 4 aromatic rings. The number of thioether (sulfide) groups is 1. The van der Waals surface area contributed by atoms with Crippen molar-refractivity contribution >= 4 is 57.5 Å². The van der Waals surface area contributed by atoms with Crippen molar-refractivity contribution in [1.82, 2.24) is 19.0 Å². The number of benzene rings is 2. The summed E-state index contributed by atoms with van der Waals surface area (Å²) in [4.78, 5) is 45.1. The van der Waals surface area contributed by atoms with Crippen LogP contribution in [0.25, 0.3) is 21.7 Å². The summed E-state index contributed by atoms with van der Waals surface area (Å²) in [6.07, 6.45) is 0. The zero-order valence-electron chi connectivity index (χ0n) is 20.7. The molecule has 0 spiro atoms. The van der Waals surface area contributed by atoms with Crippen molar-refractivity contribution in [3.63, 3.8) is 0 Å². The van der Waals surface area contributed by atoms with Gasteiger partial charge < -0.3 is 9.64 Å². The Balaban J connectivity index is 1.85. The minimum atomic E-state index is -0.409. The highest BCUT2D eigenvalue weighted by molar-refractivity contribution is 7.99. The monoisotopic (exact) mass is 554 g/mol. The summed E-state index contributed by atoms with van der Waals surface area (Å²) in [6.45, 7) is 7.13. The van der Waals surface area contributed by atoms with Gasteiger partial charge in [-0.25, -0.2) is 9.78 Å². The number of esters is 1. The van der Waals surface area contributed by atoms with Gasteiger partial charge in [0.15, 0.2) is 14.8 Å². The van der Waals surface area contributed by atoms with Crippen molar-refractivity contribution in [2.24, 2.45) is 0 Å². The van der Waals surface area contributed by atoms with E-state index < -0.39 is 5.97 Å². The van der Waals surface area contributed by atoms with Gasteiger partial charge in [-0.1, -0.05) is 41.3 Å². The van der Waals surface area contributed by atoms with Gasteiger partial charge in [0.2, 0.25) is 5.91 Å². The van der Waals surface area contributed by atoms with Gasteiger partial charge in [0.05, 0.1) is 23.6 Å². The Morgan fingerprint density at radius 2 is 1.65 bits per heavy atom. The van der Waals surface area contributed by atoms with E-state index in [1.165, 1.54) is 27.7 Å². The van der Waals surface area contributed by atoms with E-state index in [0.717, 1.165) is 0 Å². The quantitative estimate of drug-likeness (QED) is 0.123. The molecule has 0 aliphatic rings. The maximum atomic E-state index is 13.8. The Labute approximate surface area is 227 Å². The molecule has 0 aliphatic heterocycles. The summed E-state index contributed by atoms with van der Waals surface area (Å²) in [6, 6.07) is 16.0. The third-order valence-corrected chi connectivity index (χ3v) is 7.94. The summed E-state index contributed by atoms with van der Waals surface area (Å²) >= 11 is 8.03. The molecule has 0 saturated carbocycles. The number of hydrogen-bond donors (Lipinski definition) is 0. The summed E-state index contributed by atoms with van der Waals surface area (Å²) in [5, 5.41) is 0.397. The van der Waals surface area contributed by atoms with Crippen LogP contribution in [0.2, 0.25) is 0 Å². The van der Waals surface area contributed by atoms with Crippen molar-refractivity contribution in [2.75, 3.05) is 25.4 Å². The number of nitrogens with zero attached hydrogens (tertiary/aromatic N) is 4. The van der Waals surface area contributed by atoms with E-state index in [1.54, 1.807) is 40.7 Å². The molecule has 2 aromatic carbocycles. The maximum Gasteiger partial charge on any atom is 0.338 e. The van der Waals surface area contributed by atoms with Gasteiger partial charge in [-0.05, 0) is 69.4 Å². The van der Waals surface area contributed by atoms with Crippen LogP contribution in [0.3, 0.4) is 0 Å². The molecule has 1 amide bonds. The van der Waals surface area contributed by atoms with Crippen LogP contribution in [-0.2, 0) is 9.53 Å². The molecular weight excluding hydrogens is 529 g/mol. The van der Waals surface area contributed by atoms with Crippen LogP contribution in [-0.4, -0.2) is 56.3 Å². The Kier molecular flexibility index (Phi) is 8.57. The van der Waals surface area contributed by atoms with Crippen molar-refractivity contribution in [3.05, 3.63) is 74.5 Å². The van der Waals surface area contributed by atoms with Gasteiger partial charge >= 0.3 is 5.97 Å². The second-order valence-electron chi connectivity index (χ2n) is 7.85. The van der Waals surface area contributed by atoms with E-state index in [1.807, 2.05) is 44.2 Å². The third-order valence-electron chi connectivity index (χ3n) is 5.67. The standard InChI is InChI=1S/C26H26N4O4S3/c1-4-28(5-2)20(31)16-36-25-27-22-21(23(32)30(25)18-10-8-7-9-11-18)37-26(35)29(22)19-14-12-17(13-15-19)24(33)34-6-3/h7-15H,4-6,16H2,1-3H3. The molecule has 4 rings (SSSR count). The Morgan fingerprint density at radius 3 is 2.27 bits per heavy atom. The first kappa shape index (κ1) is 26.8. The van der Waals surface area contributed by atoms with E-state index in [9.17, 15) is 14.4 Å². The minimum absolute atomic E-state index is 0.0272. The highest BCUT2D eigenvalue weighted by Gasteiger charge is 2.21. The lowest BCUT2D eigenvalue weighted by molar-refractivity contribution is -0.127. The predicted octanol–water partition coefficient (Wildman–Crippen LogP) is 5.10. The van der Waals surface area contributed by atoms with E-state index in [-0.39, 0.29) is 23.8 Å². The SMILES string of the molecule is CCOC(=O)c1ccc(-n2c(=S)sc3c(=O)n(-c4ccccc4)c(SCC(=O)N(CC)CC)nc32)cc1. The molecule has 0 bridgehead atoms. The van der Waals surface area contributed by atoms with Crippen LogP contribution < -0.4 is 5.56 Å². The van der Waals surface area contributed by atoms with Gasteiger partial charge in [0.1, 0.15) is 4.70 Å². The topological polar surface area (TPSA) is 86.4 Å². The minimum Gasteiger partial charge on any atom is -0.462 e. The number of para-hydroxylation sites is 1. The second-order valence-corrected chi connectivity index (χ2v) is 10.4. The Bertz CT molecular complexity index is 1540. The van der Waals surface area contributed by atoms with E-state index in [4.69, 9.17) is 21.9 Å². The average molecular weight is 555 g/mol. The van der Waals surface area contributed by atoms with Gasteiger partial charge in [0, 0.05) is 18.8 Å². The molecule has 8 nitrogen and oxygen atoms in total. The van der Waals surface area contributed by atoms with Gasteiger partial charge in [-0.2, -0.15) is 0 Å². The number of carbonyl (C=O) groups is 2. The molecule has 0 N–H and O–H groups in total. The molecule has 0 aliphatic carbocycles. The van der Waals surface area contributed by atoms with Crippen molar-refractivity contribution < 1.29 is 14.3 Å². The first-order valence-electron chi connectivity index (χ1n) is 11.8. The fraction of sp³-hybridized carbons (Fsp3) is 0.269. The molecule has 11 heteroatoms. The largest absolute Gasteiger partial charge is 0.462 e. The number of aromatic nitrogens is 3. The van der Waals surface area contributed by atoms with Crippen molar-refractivity contribution in [3.8, 4) is 11.4 Å². The Morgan fingerprint density at radius 1 is 1.00 bits per heavy atom. The number of fused-ring (bicyclic) bond motifs is 1. The van der Waals surface area contributed by atoms with Gasteiger partial charge in [-0.15, -0.1) is 0 Å². The molecule has 0 atom stereocenters. The number of rotatable bonds is 9. The normalized spacial score (nSPS) is 11.0. The van der Waals surface area contributed by atoms with Gasteiger partial charge in [0.25, 0.3) is 5.56 Å². The molecule has 2 aromatic heterocycles. The smallest absolute Gasteiger partial charge is 0.338 e. The first-order valence-corrected chi connectivity index (χ1v) is 14.0. The Hall–Kier alpha value is -3.28. The molecule has 192 valence electrons. The lowest BCUT2D eigenvalue weighted by Crippen LogP contribution is -2.32. The number of hydrogen-bond acceptors (Lipinski definition) is 8. The number of ether oxygens (including phenoxy) is 1. The van der Waals surface area contributed by atoms with Crippen LogP contribution in [0.5, 0.6) is 0 Å². The lowest BCUT2D eigenvalue weighted by atomic mass is 10.2. The number of carbonyl (C=O) groups excluding carboxylic acids is 2. The number of amides is 1. The van der Waals surface area contributed by atoms with Gasteiger partial charge in [-0.3, -0.25) is 18.7 Å².